The molecular formula is C12H15BrN2O. The van der Waals surface area contributed by atoms with Crippen LogP contribution in [0, 0.1) is 5.92 Å². The number of nitrogens with one attached hydrogen (secondary N) is 1. The molecule has 0 atom stereocenters. The maximum absolute atomic E-state index is 11.3. The quantitative estimate of drug-likeness (QED) is 0.914. The maximum atomic E-state index is 11.3. The molecular weight excluding hydrogens is 268 g/mol. The van der Waals surface area contributed by atoms with Crippen LogP contribution < -0.4 is 5.32 Å². The third-order valence-electron chi connectivity index (χ3n) is 2.93. The van der Waals surface area contributed by atoms with Crippen LogP contribution in [0.25, 0.3) is 0 Å². The van der Waals surface area contributed by atoms with Crippen LogP contribution >= 0.6 is 15.9 Å². The first-order valence-electron chi connectivity index (χ1n) is 5.38. The van der Waals surface area contributed by atoms with Gasteiger partial charge in [-0.25, -0.2) is 0 Å². The Labute approximate surface area is 104 Å². The van der Waals surface area contributed by atoms with Gasteiger partial charge in [-0.1, -0.05) is 34.1 Å². The zero-order valence-corrected chi connectivity index (χ0v) is 10.8. The highest BCUT2D eigenvalue weighted by atomic mass is 79.9. The smallest absolute Gasteiger partial charge is 0.225 e. The zero-order chi connectivity index (χ0) is 11.5. The van der Waals surface area contributed by atoms with Crippen molar-refractivity contribution >= 4 is 21.8 Å². The Bertz CT molecular complexity index is 388. The lowest BCUT2D eigenvalue weighted by atomic mass is 9.98. The summed E-state index contributed by atoms with van der Waals surface area (Å²) in [5.41, 5.74) is 1.28. The first-order chi connectivity index (χ1) is 7.70. The van der Waals surface area contributed by atoms with Crippen LogP contribution in [0.3, 0.4) is 0 Å². The molecule has 1 saturated heterocycles. The van der Waals surface area contributed by atoms with Gasteiger partial charge in [-0.05, 0) is 11.6 Å². The number of carbonyl (C=O) groups excluding carboxylic acids is 1. The van der Waals surface area contributed by atoms with Crippen molar-refractivity contribution in [2.75, 3.05) is 20.1 Å². The Kier molecular flexibility index (Phi) is 3.61. The summed E-state index contributed by atoms with van der Waals surface area (Å²) in [5.74, 6) is 0.330. The molecule has 0 saturated carbocycles. The van der Waals surface area contributed by atoms with E-state index in [4.69, 9.17) is 0 Å². The Morgan fingerprint density at radius 3 is 2.81 bits per heavy atom. The molecule has 1 aliphatic rings. The van der Waals surface area contributed by atoms with Crippen molar-refractivity contribution in [2.45, 2.75) is 6.54 Å². The Morgan fingerprint density at radius 2 is 2.19 bits per heavy atom. The summed E-state index contributed by atoms with van der Waals surface area (Å²) in [5, 5.41) is 2.69. The average molecular weight is 283 g/mol. The molecule has 1 aromatic rings. The summed E-state index contributed by atoms with van der Waals surface area (Å²) >= 11 is 3.53. The SMILES string of the molecule is CNC(=O)C1CN(Cc2ccccc2Br)C1. The summed E-state index contributed by atoms with van der Waals surface area (Å²) in [6, 6.07) is 8.20. The minimum Gasteiger partial charge on any atom is -0.359 e. The second kappa shape index (κ2) is 4.97. The predicted molar refractivity (Wildman–Crippen MR) is 67.0 cm³/mol. The number of nitrogens with zero attached hydrogens (tertiary/aromatic N) is 1. The van der Waals surface area contributed by atoms with Crippen molar-refractivity contribution in [3.05, 3.63) is 34.3 Å². The summed E-state index contributed by atoms with van der Waals surface area (Å²) < 4.78 is 1.14. The molecule has 0 bridgehead atoms. The molecule has 1 N–H and O–H groups in total. The van der Waals surface area contributed by atoms with Crippen molar-refractivity contribution in [1.29, 1.82) is 0 Å². The van der Waals surface area contributed by atoms with E-state index in [0.29, 0.717) is 0 Å². The Balaban J connectivity index is 1.86. The van der Waals surface area contributed by atoms with E-state index in [-0.39, 0.29) is 11.8 Å². The fraction of sp³-hybridized carbons (Fsp3) is 0.417. The fourth-order valence-corrected chi connectivity index (χ4v) is 2.35. The molecule has 16 heavy (non-hydrogen) atoms. The lowest BCUT2D eigenvalue weighted by Crippen LogP contribution is -2.52. The van der Waals surface area contributed by atoms with Crippen molar-refractivity contribution in [3.8, 4) is 0 Å². The molecule has 4 heteroatoms. The molecule has 3 nitrogen and oxygen atoms in total. The lowest BCUT2D eigenvalue weighted by Gasteiger charge is -2.38. The number of carbonyl (C=O) groups is 1. The minimum atomic E-state index is 0.156. The van der Waals surface area contributed by atoms with Crippen molar-refractivity contribution < 1.29 is 4.79 Å². The number of hydrogen-bond donors (Lipinski definition) is 1. The average Bonchev–Trinajstić information content (AvgIpc) is 2.24. The lowest BCUT2D eigenvalue weighted by molar-refractivity contribution is -0.129. The van der Waals surface area contributed by atoms with E-state index in [1.807, 2.05) is 18.2 Å². The number of likely N-dealkylation sites (tertiary alicyclic amines) is 1. The fourth-order valence-electron chi connectivity index (χ4n) is 1.94. The van der Waals surface area contributed by atoms with Gasteiger partial charge in [0, 0.05) is 31.2 Å². The predicted octanol–water partition coefficient (Wildman–Crippen LogP) is 1.63. The Hall–Kier alpha value is -0.870. The van der Waals surface area contributed by atoms with Gasteiger partial charge in [0.1, 0.15) is 0 Å². The van der Waals surface area contributed by atoms with Gasteiger partial charge in [-0.2, -0.15) is 0 Å². The third-order valence-corrected chi connectivity index (χ3v) is 3.70. The second-order valence-corrected chi connectivity index (χ2v) is 4.95. The first-order valence-corrected chi connectivity index (χ1v) is 6.17. The topological polar surface area (TPSA) is 32.3 Å². The molecule has 1 aromatic carbocycles. The standard InChI is InChI=1S/C12H15BrN2O/c1-14-12(16)10-7-15(8-10)6-9-4-2-3-5-11(9)13/h2-5,10H,6-8H2,1H3,(H,14,16). The molecule has 2 rings (SSSR count). The van der Waals surface area contributed by atoms with E-state index in [2.05, 4.69) is 32.2 Å². The van der Waals surface area contributed by atoms with E-state index in [9.17, 15) is 4.79 Å². The highest BCUT2D eigenvalue weighted by Gasteiger charge is 2.31. The van der Waals surface area contributed by atoms with Gasteiger partial charge in [0.05, 0.1) is 5.92 Å². The van der Waals surface area contributed by atoms with Crippen molar-refractivity contribution in [1.82, 2.24) is 10.2 Å². The van der Waals surface area contributed by atoms with E-state index in [1.54, 1.807) is 7.05 Å². The van der Waals surface area contributed by atoms with Gasteiger partial charge in [0.2, 0.25) is 5.91 Å². The minimum absolute atomic E-state index is 0.156. The number of amides is 1. The molecule has 1 amide bonds. The third kappa shape index (κ3) is 2.44. The molecule has 86 valence electrons. The van der Waals surface area contributed by atoms with Crippen LogP contribution in [-0.2, 0) is 11.3 Å². The monoisotopic (exact) mass is 282 g/mol. The molecule has 0 aromatic heterocycles. The number of hydrogen-bond acceptors (Lipinski definition) is 2. The van der Waals surface area contributed by atoms with Crippen LogP contribution in [0.2, 0.25) is 0 Å². The summed E-state index contributed by atoms with van der Waals surface area (Å²) in [4.78, 5) is 13.6. The van der Waals surface area contributed by atoms with Crippen LogP contribution in [0.5, 0.6) is 0 Å². The normalized spacial score (nSPS) is 16.9. The summed E-state index contributed by atoms with van der Waals surface area (Å²) in [6.07, 6.45) is 0. The largest absolute Gasteiger partial charge is 0.359 e. The van der Waals surface area contributed by atoms with Crippen molar-refractivity contribution in [3.63, 3.8) is 0 Å². The first kappa shape index (κ1) is 11.6. The van der Waals surface area contributed by atoms with Gasteiger partial charge in [-0.15, -0.1) is 0 Å². The number of rotatable bonds is 3. The number of benzene rings is 1. The van der Waals surface area contributed by atoms with E-state index in [0.717, 1.165) is 24.1 Å². The molecule has 1 fully saturated rings. The second-order valence-electron chi connectivity index (χ2n) is 4.10. The molecule has 1 aliphatic heterocycles. The maximum Gasteiger partial charge on any atom is 0.225 e. The Morgan fingerprint density at radius 1 is 1.50 bits per heavy atom. The van der Waals surface area contributed by atoms with E-state index >= 15 is 0 Å². The van der Waals surface area contributed by atoms with Crippen LogP contribution in [0.4, 0.5) is 0 Å². The molecule has 0 aliphatic carbocycles. The van der Waals surface area contributed by atoms with Gasteiger partial charge in [-0.3, -0.25) is 9.69 Å². The van der Waals surface area contributed by atoms with E-state index < -0.39 is 0 Å². The highest BCUT2D eigenvalue weighted by molar-refractivity contribution is 9.10. The molecule has 1 heterocycles. The molecule has 0 spiro atoms. The summed E-state index contributed by atoms with van der Waals surface area (Å²) in [7, 11) is 1.69. The van der Waals surface area contributed by atoms with Gasteiger partial charge < -0.3 is 5.32 Å². The van der Waals surface area contributed by atoms with Crippen LogP contribution in [-0.4, -0.2) is 30.9 Å². The molecule has 0 unspecified atom stereocenters. The zero-order valence-electron chi connectivity index (χ0n) is 9.24. The van der Waals surface area contributed by atoms with Gasteiger partial charge in [0.15, 0.2) is 0 Å². The van der Waals surface area contributed by atoms with Gasteiger partial charge in [0.25, 0.3) is 0 Å². The number of halogens is 1. The molecule has 0 radical (unpaired) electrons. The van der Waals surface area contributed by atoms with Crippen LogP contribution in [0.15, 0.2) is 28.7 Å². The summed E-state index contributed by atoms with van der Waals surface area (Å²) in [6.45, 7) is 2.64. The van der Waals surface area contributed by atoms with Crippen molar-refractivity contribution in [2.24, 2.45) is 5.92 Å². The highest BCUT2D eigenvalue weighted by Crippen LogP contribution is 2.22. The van der Waals surface area contributed by atoms with E-state index in [1.165, 1.54) is 5.56 Å². The van der Waals surface area contributed by atoms with Gasteiger partial charge >= 0.3 is 0 Å². The van der Waals surface area contributed by atoms with Crippen LogP contribution in [0.1, 0.15) is 5.56 Å².